The van der Waals surface area contributed by atoms with E-state index in [4.69, 9.17) is 16.3 Å². The zero-order chi connectivity index (χ0) is 15.7. The smallest absolute Gasteiger partial charge is 0.258 e. The minimum atomic E-state index is -0.0913. The SMILES string of the molecule is CC[N+](CC)(CC)CCNC(=O)COc1ccc(Cl)cc1. The van der Waals surface area contributed by atoms with Crippen LogP contribution < -0.4 is 10.1 Å². The van der Waals surface area contributed by atoms with E-state index in [2.05, 4.69) is 26.1 Å². The third-order valence-corrected chi connectivity index (χ3v) is 4.36. The Morgan fingerprint density at radius 1 is 1.14 bits per heavy atom. The number of nitrogens with one attached hydrogen (secondary N) is 1. The average molecular weight is 314 g/mol. The van der Waals surface area contributed by atoms with E-state index in [9.17, 15) is 4.79 Å². The number of amides is 1. The molecule has 0 heterocycles. The van der Waals surface area contributed by atoms with E-state index in [1.54, 1.807) is 24.3 Å². The van der Waals surface area contributed by atoms with Gasteiger partial charge in [0.2, 0.25) is 0 Å². The Bertz CT molecular complexity index is 422. The lowest BCUT2D eigenvalue weighted by Crippen LogP contribution is -2.51. The van der Waals surface area contributed by atoms with Crippen LogP contribution in [0, 0.1) is 0 Å². The van der Waals surface area contributed by atoms with E-state index in [1.165, 1.54) is 0 Å². The molecule has 0 atom stereocenters. The Morgan fingerprint density at radius 3 is 2.24 bits per heavy atom. The van der Waals surface area contributed by atoms with Crippen LogP contribution in [0.3, 0.4) is 0 Å². The normalized spacial score (nSPS) is 11.2. The number of halogens is 1. The van der Waals surface area contributed by atoms with Crippen molar-refractivity contribution < 1.29 is 14.0 Å². The van der Waals surface area contributed by atoms with Crippen LogP contribution in [-0.4, -0.2) is 49.7 Å². The maximum absolute atomic E-state index is 11.8. The third-order valence-electron chi connectivity index (χ3n) is 4.10. The number of hydrogen-bond acceptors (Lipinski definition) is 2. The highest BCUT2D eigenvalue weighted by Gasteiger charge is 2.20. The monoisotopic (exact) mass is 313 g/mol. The van der Waals surface area contributed by atoms with Gasteiger partial charge in [0.25, 0.3) is 5.91 Å². The van der Waals surface area contributed by atoms with Gasteiger partial charge in [-0.2, -0.15) is 0 Å². The maximum Gasteiger partial charge on any atom is 0.258 e. The number of carbonyl (C=O) groups is 1. The first-order valence-corrected chi connectivity index (χ1v) is 7.93. The van der Waals surface area contributed by atoms with E-state index in [0.29, 0.717) is 17.3 Å². The fourth-order valence-corrected chi connectivity index (χ4v) is 2.43. The molecule has 0 unspecified atom stereocenters. The lowest BCUT2D eigenvalue weighted by Gasteiger charge is -2.35. The first-order chi connectivity index (χ1) is 10.0. The Hall–Kier alpha value is -1.26. The lowest BCUT2D eigenvalue weighted by atomic mass is 10.3. The van der Waals surface area contributed by atoms with Crippen molar-refractivity contribution >= 4 is 17.5 Å². The van der Waals surface area contributed by atoms with Crippen LogP contribution in [0.1, 0.15) is 20.8 Å². The molecule has 0 aliphatic carbocycles. The highest BCUT2D eigenvalue weighted by molar-refractivity contribution is 6.30. The summed E-state index contributed by atoms with van der Waals surface area (Å²) < 4.78 is 6.43. The van der Waals surface area contributed by atoms with Crippen LogP contribution in [0.2, 0.25) is 5.02 Å². The minimum Gasteiger partial charge on any atom is -0.484 e. The fraction of sp³-hybridized carbons (Fsp3) is 0.562. The summed E-state index contributed by atoms with van der Waals surface area (Å²) in [5.74, 6) is 0.557. The number of hydrogen-bond donors (Lipinski definition) is 1. The van der Waals surface area contributed by atoms with Gasteiger partial charge in [0.15, 0.2) is 6.61 Å². The summed E-state index contributed by atoms with van der Waals surface area (Å²) in [6.45, 7) is 11.5. The number of ether oxygens (including phenoxy) is 1. The van der Waals surface area contributed by atoms with E-state index >= 15 is 0 Å². The molecule has 0 fully saturated rings. The third kappa shape index (κ3) is 5.94. The predicted molar refractivity (Wildman–Crippen MR) is 86.7 cm³/mol. The number of likely N-dealkylation sites (N-methyl/N-ethyl adjacent to an activating group) is 1. The van der Waals surface area contributed by atoms with E-state index in [0.717, 1.165) is 30.7 Å². The van der Waals surface area contributed by atoms with Gasteiger partial charge in [-0.3, -0.25) is 4.79 Å². The van der Waals surface area contributed by atoms with Crippen molar-refractivity contribution in [1.82, 2.24) is 5.32 Å². The van der Waals surface area contributed by atoms with Gasteiger partial charge in [0.05, 0.1) is 32.7 Å². The van der Waals surface area contributed by atoms with Crippen LogP contribution in [0.4, 0.5) is 0 Å². The lowest BCUT2D eigenvalue weighted by molar-refractivity contribution is -0.922. The molecule has 0 spiro atoms. The predicted octanol–water partition coefficient (Wildman–Crippen LogP) is 2.71. The fourth-order valence-electron chi connectivity index (χ4n) is 2.31. The molecule has 0 aliphatic heterocycles. The van der Waals surface area contributed by atoms with Crippen molar-refractivity contribution in [3.63, 3.8) is 0 Å². The first kappa shape index (κ1) is 17.8. The van der Waals surface area contributed by atoms with Crippen molar-refractivity contribution in [1.29, 1.82) is 0 Å². The number of rotatable bonds is 9. The quantitative estimate of drug-likeness (QED) is 0.712. The van der Waals surface area contributed by atoms with Crippen LogP contribution in [-0.2, 0) is 4.79 Å². The summed E-state index contributed by atoms with van der Waals surface area (Å²) in [7, 11) is 0. The van der Waals surface area contributed by atoms with Crippen molar-refractivity contribution in [3.05, 3.63) is 29.3 Å². The van der Waals surface area contributed by atoms with Crippen molar-refractivity contribution in [3.8, 4) is 5.75 Å². The van der Waals surface area contributed by atoms with Gasteiger partial charge in [-0.15, -0.1) is 0 Å². The summed E-state index contributed by atoms with van der Waals surface area (Å²) >= 11 is 5.79. The molecule has 1 amide bonds. The number of quaternary nitrogens is 1. The average Bonchev–Trinajstić information content (AvgIpc) is 2.51. The number of nitrogens with zero attached hydrogens (tertiary/aromatic N) is 1. The van der Waals surface area contributed by atoms with Gasteiger partial charge in [-0.1, -0.05) is 11.6 Å². The molecular weight excluding hydrogens is 288 g/mol. The maximum atomic E-state index is 11.8. The number of benzene rings is 1. The van der Waals surface area contributed by atoms with Gasteiger partial charge in [0, 0.05) is 5.02 Å². The molecule has 1 aromatic carbocycles. The topological polar surface area (TPSA) is 38.3 Å². The van der Waals surface area contributed by atoms with Crippen LogP contribution in [0.25, 0.3) is 0 Å². The molecule has 0 bridgehead atoms. The Balaban J connectivity index is 2.29. The molecule has 4 nitrogen and oxygen atoms in total. The molecule has 1 rings (SSSR count). The minimum absolute atomic E-state index is 0.0337. The van der Waals surface area contributed by atoms with Gasteiger partial charge < -0.3 is 14.5 Å². The molecule has 1 N–H and O–H groups in total. The van der Waals surface area contributed by atoms with Crippen LogP contribution in [0.15, 0.2) is 24.3 Å². The van der Waals surface area contributed by atoms with E-state index < -0.39 is 0 Å². The van der Waals surface area contributed by atoms with E-state index in [1.807, 2.05) is 0 Å². The molecule has 21 heavy (non-hydrogen) atoms. The standard InChI is InChI=1S/C16H25ClN2O2/c1-4-19(5-2,6-3)12-11-18-16(20)13-21-15-9-7-14(17)8-10-15/h7-10H,4-6,11-13H2,1-3H3/p+1. The molecule has 1 aromatic rings. The van der Waals surface area contributed by atoms with Gasteiger partial charge >= 0.3 is 0 Å². The summed E-state index contributed by atoms with van der Waals surface area (Å²) in [5, 5.41) is 3.57. The van der Waals surface area contributed by atoms with Crippen molar-refractivity contribution in [2.75, 3.05) is 39.3 Å². The molecule has 0 saturated heterocycles. The second kappa shape index (κ2) is 8.90. The van der Waals surface area contributed by atoms with Crippen LogP contribution >= 0.6 is 11.6 Å². The van der Waals surface area contributed by atoms with Crippen molar-refractivity contribution in [2.24, 2.45) is 0 Å². The van der Waals surface area contributed by atoms with Gasteiger partial charge in [-0.25, -0.2) is 0 Å². The zero-order valence-corrected chi connectivity index (χ0v) is 13.9. The van der Waals surface area contributed by atoms with Crippen molar-refractivity contribution in [2.45, 2.75) is 20.8 Å². The number of carbonyl (C=O) groups excluding carboxylic acids is 1. The molecule has 0 saturated carbocycles. The summed E-state index contributed by atoms with van der Waals surface area (Å²) in [6, 6.07) is 6.99. The highest BCUT2D eigenvalue weighted by Crippen LogP contribution is 2.15. The first-order valence-electron chi connectivity index (χ1n) is 7.55. The largest absolute Gasteiger partial charge is 0.484 e. The second-order valence-electron chi connectivity index (χ2n) is 5.11. The molecule has 118 valence electrons. The molecule has 0 radical (unpaired) electrons. The zero-order valence-electron chi connectivity index (χ0n) is 13.2. The molecule has 0 aromatic heterocycles. The van der Waals surface area contributed by atoms with Crippen LogP contribution in [0.5, 0.6) is 5.75 Å². The highest BCUT2D eigenvalue weighted by atomic mass is 35.5. The Labute approximate surface area is 132 Å². The summed E-state index contributed by atoms with van der Waals surface area (Å²) in [5.41, 5.74) is 0. The second-order valence-corrected chi connectivity index (χ2v) is 5.54. The molecular formula is C16H26ClN2O2+. The molecule has 5 heteroatoms. The summed E-state index contributed by atoms with van der Waals surface area (Å²) in [6.07, 6.45) is 0. The van der Waals surface area contributed by atoms with Gasteiger partial charge in [-0.05, 0) is 45.0 Å². The Morgan fingerprint density at radius 2 is 1.71 bits per heavy atom. The Kier molecular flexibility index (Phi) is 7.54. The molecule has 0 aliphatic rings. The summed E-state index contributed by atoms with van der Waals surface area (Å²) in [4.78, 5) is 11.8. The van der Waals surface area contributed by atoms with E-state index in [-0.39, 0.29) is 12.5 Å². The van der Waals surface area contributed by atoms with Gasteiger partial charge in [0.1, 0.15) is 5.75 Å².